The van der Waals surface area contributed by atoms with Gasteiger partial charge in [0.2, 0.25) is 0 Å². The Balaban J connectivity index is 1.25. The summed E-state index contributed by atoms with van der Waals surface area (Å²) in [5, 5.41) is 4.91. The minimum absolute atomic E-state index is 0.00281. The van der Waals surface area contributed by atoms with Crippen molar-refractivity contribution in [2.45, 2.75) is 52.4 Å². The molecule has 1 aromatic heterocycles. The Morgan fingerprint density at radius 2 is 0.903 bits per heavy atom. The van der Waals surface area contributed by atoms with Gasteiger partial charge in [0.1, 0.15) is 0 Å². The minimum atomic E-state index is -0.00281. The first-order chi connectivity index (χ1) is 30.0. The van der Waals surface area contributed by atoms with Crippen molar-refractivity contribution in [1.29, 1.82) is 0 Å². The maximum Gasteiger partial charge on any atom is 0.0542 e. The van der Waals surface area contributed by atoms with Gasteiger partial charge in [0.15, 0.2) is 0 Å². The van der Waals surface area contributed by atoms with Crippen molar-refractivity contribution in [2.75, 3.05) is 4.90 Å². The molecule has 0 atom stereocenters. The summed E-state index contributed by atoms with van der Waals surface area (Å²) in [6, 6.07) is 76.0. The smallest absolute Gasteiger partial charge is 0.0542 e. The zero-order valence-corrected chi connectivity index (χ0v) is 36.5. The Bertz CT molecular complexity index is 3210. The molecule has 10 aromatic rings. The van der Waals surface area contributed by atoms with E-state index in [2.05, 4.69) is 257 Å². The van der Waals surface area contributed by atoms with Crippen LogP contribution in [0.4, 0.5) is 17.1 Å². The monoisotopic (exact) mass is 800 g/mol. The van der Waals surface area contributed by atoms with Gasteiger partial charge in [0, 0.05) is 33.3 Å². The Labute approximate surface area is 366 Å². The van der Waals surface area contributed by atoms with Crippen molar-refractivity contribution in [3.8, 4) is 39.1 Å². The van der Waals surface area contributed by atoms with Gasteiger partial charge in [-0.3, -0.25) is 0 Å². The van der Waals surface area contributed by atoms with Crippen LogP contribution in [0.25, 0.3) is 71.6 Å². The normalized spacial score (nSPS) is 12.0. The molecular formula is C60H52N2. The van der Waals surface area contributed by atoms with Crippen LogP contribution in [0.1, 0.15) is 52.7 Å². The third kappa shape index (κ3) is 6.96. The van der Waals surface area contributed by atoms with E-state index in [0.29, 0.717) is 0 Å². The van der Waals surface area contributed by atoms with Crippen molar-refractivity contribution in [1.82, 2.24) is 4.57 Å². The zero-order valence-electron chi connectivity index (χ0n) is 36.5. The summed E-state index contributed by atoms with van der Waals surface area (Å²) in [6.45, 7) is 13.9. The van der Waals surface area contributed by atoms with E-state index in [4.69, 9.17) is 0 Å². The van der Waals surface area contributed by atoms with Crippen molar-refractivity contribution < 1.29 is 0 Å². The zero-order chi connectivity index (χ0) is 42.6. The molecule has 10 rings (SSSR count). The van der Waals surface area contributed by atoms with E-state index in [1.807, 2.05) is 0 Å². The molecule has 0 spiro atoms. The van der Waals surface area contributed by atoms with E-state index in [-0.39, 0.29) is 10.8 Å². The fraction of sp³-hybridized carbons (Fsp3) is 0.133. The van der Waals surface area contributed by atoms with Crippen LogP contribution in [0, 0.1) is 0 Å². The number of hydrogen-bond donors (Lipinski definition) is 0. The van der Waals surface area contributed by atoms with E-state index in [9.17, 15) is 0 Å². The molecule has 0 amide bonds. The lowest BCUT2D eigenvalue weighted by atomic mass is 9.78. The van der Waals surface area contributed by atoms with Crippen LogP contribution in [0.2, 0.25) is 0 Å². The second-order valence-corrected chi connectivity index (χ2v) is 18.6. The molecule has 1 heterocycles. The topological polar surface area (TPSA) is 8.17 Å². The molecule has 0 aliphatic rings. The van der Waals surface area contributed by atoms with Crippen LogP contribution < -0.4 is 4.90 Å². The second kappa shape index (κ2) is 15.4. The lowest BCUT2D eigenvalue weighted by Gasteiger charge is -2.30. The van der Waals surface area contributed by atoms with Crippen molar-refractivity contribution in [3.05, 3.63) is 217 Å². The summed E-state index contributed by atoms with van der Waals surface area (Å²) in [7, 11) is 0. The summed E-state index contributed by atoms with van der Waals surface area (Å²) < 4.78 is 2.39. The molecule has 2 nitrogen and oxygen atoms in total. The maximum atomic E-state index is 2.49. The van der Waals surface area contributed by atoms with E-state index in [1.165, 1.54) is 77.1 Å². The SMILES string of the molecule is CC(C)(C)c1cc(-c2cccc3cccc(-c4ccccc4N(c4ccc5c(c4)c4ccccc4n5-c4ccccc4)c4ccccc4-c4ccccc4)c23)cc(C(C)(C)C)c1. The molecule has 0 fully saturated rings. The van der Waals surface area contributed by atoms with Crippen LogP contribution in [0.15, 0.2) is 206 Å². The minimum Gasteiger partial charge on any atom is -0.309 e. The van der Waals surface area contributed by atoms with Crippen LogP contribution >= 0.6 is 0 Å². The van der Waals surface area contributed by atoms with Gasteiger partial charge < -0.3 is 9.47 Å². The van der Waals surface area contributed by atoms with Gasteiger partial charge in [-0.15, -0.1) is 0 Å². The molecule has 0 aliphatic carbocycles. The Kier molecular flexibility index (Phi) is 9.68. The molecule has 62 heavy (non-hydrogen) atoms. The highest BCUT2D eigenvalue weighted by molar-refractivity contribution is 6.12. The number of rotatable bonds is 7. The highest BCUT2D eigenvalue weighted by Crippen LogP contribution is 2.48. The molecule has 0 saturated carbocycles. The summed E-state index contributed by atoms with van der Waals surface area (Å²) in [6.07, 6.45) is 0. The number of para-hydroxylation sites is 4. The molecule has 9 aromatic carbocycles. The van der Waals surface area contributed by atoms with Crippen molar-refractivity contribution in [3.63, 3.8) is 0 Å². The Morgan fingerprint density at radius 3 is 1.58 bits per heavy atom. The number of fused-ring (bicyclic) bond motifs is 4. The lowest BCUT2D eigenvalue weighted by Crippen LogP contribution is -2.16. The molecule has 0 bridgehead atoms. The fourth-order valence-electron chi connectivity index (χ4n) is 9.25. The Morgan fingerprint density at radius 1 is 0.371 bits per heavy atom. The first kappa shape index (κ1) is 39.0. The summed E-state index contributed by atoms with van der Waals surface area (Å²) >= 11 is 0. The molecule has 2 heteroatoms. The maximum absolute atomic E-state index is 2.49. The van der Waals surface area contributed by atoms with Gasteiger partial charge in [-0.05, 0) is 104 Å². The van der Waals surface area contributed by atoms with E-state index < -0.39 is 0 Å². The first-order valence-electron chi connectivity index (χ1n) is 21.9. The lowest BCUT2D eigenvalue weighted by molar-refractivity contribution is 0.569. The molecule has 0 N–H and O–H groups in total. The average Bonchev–Trinajstić information content (AvgIpc) is 3.63. The highest BCUT2D eigenvalue weighted by Gasteiger charge is 2.25. The summed E-state index contributed by atoms with van der Waals surface area (Å²) in [5.41, 5.74) is 16.8. The molecule has 302 valence electrons. The molecule has 0 aliphatic heterocycles. The van der Waals surface area contributed by atoms with Gasteiger partial charge >= 0.3 is 0 Å². The average molecular weight is 801 g/mol. The molecule has 0 radical (unpaired) electrons. The van der Waals surface area contributed by atoms with E-state index in [1.54, 1.807) is 0 Å². The van der Waals surface area contributed by atoms with Gasteiger partial charge in [-0.2, -0.15) is 0 Å². The summed E-state index contributed by atoms with van der Waals surface area (Å²) in [4.78, 5) is 2.49. The van der Waals surface area contributed by atoms with Crippen LogP contribution in [-0.2, 0) is 10.8 Å². The highest BCUT2D eigenvalue weighted by atomic mass is 15.1. The van der Waals surface area contributed by atoms with Gasteiger partial charge in [0.05, 0.1) is 22.4 Å². The fourth-order valence-corrected chi connectivity index (χ4v) is 9.25. The molecule has 0 unspecified atom stereocenters. The van der Waals surface area contributed by atoms with Crippen LogP contribution in [0.5, 0.6) is 0 Å². The van der Waals surface area contributed by atoms with E-state index >= 15 is 0 Å². The number of anilines is 3. The van der Waals surface area contributed by atoms with Gasteiger partial charge in [-0.1, -0.05) is 199 Å². The van der Waals surface area contributed by atoms with Gasteiger partial charge in [-0.25, -0.2) is 0 Å². The number of aromatic nitrogens is 1. The largest absolute Gasteiger partial charge is 0.309 e. The number of hydrogen-bond acceptors (Lipinski definition) is 1. The predicted octanol–water partition coefficient (Wildman–Crippen LogP) is 17.0. The van der Waals surface area contributed by atoms with Crippen LogP contribution in [0.3, 0.4) is 0 Å². The van der Waals surface area contributed by atoms with Crippen molar-refractivity contribution >= 4 is 49.6 Å². The number of nitrogens with zero attached hydrogens (tertiary/aromatic N) is 2. The third-order valence-corrected chi connectivity index (χ3v) is 12.5. The molecular weight excluding hydrogens is 749 g/mol. The standard InChI is InChI=1S/C60H52N2/c1-59(2,3)44-37-43(38-45(39-44)60(4,5)6)49-30-19-23-42-24-20-31-52(58(42)49)50-28-14-17-33-55(50)62(54-32-16-13-27-48(54)41-21-9-7-10-22-41)47-35-36-57-53(40-47)51-29-15-18-34-56(51)61(57)46-25-11-8-12-26-46/h7-40H,1-6H3. The summed E-state index contributed by atoms with van der Waals surface area (Å²) in [5.74, 6) is 0. The van der Waals surface area contributed by atoms with Gasteiger partial charge in [0.25, 0.3) is 0 Å². The first-order valence-corrected chi connectivity index (χ1v) is 21.9. The quantitative estimate of drug-likeness (QED) is 0.156. The van der Waals surface area contributed by atoms with E-state index in [0.717, 1.165) is 22.7 Å². The third-order valence-electron chi connectivity index (χ3n) is 12.5. The molecule has 0 saturated heterocycles. The second-order valence-electron chi connectivity index (χ2n) is 18.6. The van der Waals surface area contributed by atoms with Crippen molar-refractivity contribution in [2.24, 2.45) is 0 Å². The predicted molar refractivity (Wildman–Crippen MR) is 267 cm³/mol. The Hall–Kier alpha value is -7.16. The number of benzene rings is 9. The van der Waals surface area contributed by atoms with Crippen LogP contribution in [-0.4, -0.2) is 4.57 Å².